The predicted octanol–water partition coefficient (Wildman–Crippen LogP) is 2.55. The zero-order chi connectivity index (χ0) is 17.1. The minimum Gasteiger partial charge on any atom is -0.343 e. The molecule has 1 heterocycles. The highest BCUT2D eigenvalue weighted by atomic mass is 16.2. The van der Waals surface area contributed by atoms with Crippen molar-refractivity contribution in [1.82, 2.24) is 20.0 Å². The molecule has 0 saturated heterocycles. The Morgan fingerprint density at radius 3 is 2.71 bits per heavy atom. The normalized spacial score (nSPS) is 21.3. The number of nitrogens with zero attached hydrogens (tertiary/aromatic N) is 3. The van der Waals surface area contributed by atoms with E-state index in [2.05, 4.69) is 17.0 Å². The first-order chi connectivity index (χ1) is 11.6. The van der Waals surface area contributed by atoms with Gasteiger partial charge >= 0.3 is 0 Å². The number of aromatic nitrogens is 2. The number of amides is 1. The molecule has 1 unspecified atom stereocenters. The quantitative estimate of drug-likeness (QED) is 0.844. The van der Waals surface area contributed by atoms with Gasteiger partial charge in [0.25, 0.3) is 5.91 Å². The zero-order valence-electron chi connectivity index (χ0n) is 15.1. The molecule has 0 spiro atoms. The fourth-order valence-corrected chi connectivity index (χ4v) is 4.09. The first-order valence-electron chi connectivity index (χ1n) is 9.27. The fraction of sp³-hybridized carbons (Fsp3) is 0.684. The zero-order valence-corrected chi connectivity index (χ0v) is 15.1. The fourth-order valence-electron chi connectivity index (χ4n) is 4.09. The van der Waals surface area contributed by atoms with Crippen molar-refractivity contribution in [2.75, 3.05) is 14.1 Å². The number of nitrogens with one attached hydrogen (secondary N) is 1. The number of carbonyl (C=O) groups excluding carboxylic acids is 1. The van der Waals surface area contributed by atoms with Crippen molar-refractivity contribution in [3.8, 4) is 0 Å². The first kappa shape index (κ1) is 17.2. The number of hydrogen-bond acceptors (Lipinski definition) is 3. The molecule has 2 aliphatic rings. The number of hydrogen-bond donors (Lipinski definition) is 1. The van der Waals surface area contributed by atoms with E-state index in [-0.39, 0.29) is 5.91 Å². The van der Waals surface area contributed by atoms with E-state index in [1.807, 2.05) is 10.8 Å². The van der Waals surface area contributed by atoms with Crippen LogP contribution in [0.25, 0.3) is 0 Å². The van der Waals surface area contributed by atoms with Crippen LogP contribution < -0.4 is 5.32 Å². The Labute approximate surface area is 145 Å². The molecule has 5 heteroatoms. The summed E-state index contributed by atoms with van der Waals surface area (Å²) in [6.45, 7) is 4.49. The maximum absolute atomic E-state index is 12.5. The monoisotopic (exact) mass is 330 g/mol. The summed E-state index contributed by atoms with van der Waals surface area (Å²) in [5.41, 5.74) is 3.00. The molecule has 1 amide bonds. The molecule has 1 aromatic rings. The van der Waals surface area contributed by atoms with E-state index in [0.29, 0.717) is 24.3 Å². The van der Waals surface area contributed by atoms with Gasteiger partial charge in [-0.3, -0.25) is 9.48 Å². The Bertz CT molecular complexity index is 599. The van der Waals surface area contributed by atoms with Crippen molar-refractivity contribution in [3.63, 3.8) is 0 Å². The van der Waals surface area contributed by atoms with Gasteiger partial charge < -0.3 is 10.2 Å². The maximum atomic E-state index is 12.5. The molecule has 2 aliphatic carbocycles. The summed E-state index contributed by atoms with van der Waals surface area (Å²) >= 11 is 0. The van der Waals surface area contributed by atoms with Crippen LogP contribution in [-0.2, 0) is 19.4 Å². The van der Waals surface area contributed by atoms with Gasteiger partial charge in [0, 0.05) is 37.4 Å². The molecule has 1 aromatic heterocycles. The smallest absolute Gasteiger partial charge is 0.274 e. The van der Waals surface area contributed by atoms with Crippen LogP contribution in [0.1, 0.15) is 60.3 Å². The van der Waals surface area contributed by atoms with Gasteiger partial charge in [-0.25, -0.2) is 0 Å². The van der Waals surface area contributed by atoms with E-state index in [4.69, 9.17) is 0 Å². The van der Waals surface area contributed by atoms with Gasteiger partial charge in [0.05, 0.1) is 6.54 Å². The third-order valence-corrected chi connectivity index (χ3v) is 5.33. The highest BCUT2D eigenvalue weighted by Gasteiger charge is 2.30. The van der Waals surface area contributed by atoms with E-state index < -0.39 is 0 Å². The molecule has 0 aromatic carbocycles. The van der Waals surface area contributed by atoms with Crippen LogP contribution in [-0.4, -0.2) is 46.8 Å². The van der Waals surface area contributed by atoms with Gasteiger partial charge in [-0.1, -0.05) is 25.3 Å². The summed E-state index contributed by atoms with van der Waals surface area (Å²) in [5, 5.41) is 8.46. The second-order valence-electron chi connectivity index (χ2n) is 7.39. The van der Waals surface area contributed by atoms with Crippen LogP contribution >= 0.6 is 0 Å². The molecule has 1 saturated carbocycles. The first-order valence-corrected chi connectivity index (χ1v) is 9.27. The molecule has 24 heavy (non-hydrogen) atoms. The molecule has 1 fully saturated rings. The number of allylic oxidation sites excluding steroid dienone is 1. The summed E-state index contributed by atoms with van der Waals surface area (Å²) in [6.07, 6.45) is 11.5. The van der Waals surface area contributed by atoms with Crippen LogP contribution in [0, 0.1) is 0 Å². The van der Waals surface area contributed by atoms with Crippen molar-refractivity contribution in [2.45, 2.75) is 70.0 Å². The topological polar surface area (TPSA) is 50.2 Å². The lowest BCUT2D eigenvalue weighted by Crippen LogP contribution is -2.42. The number of carbonyl (C=O) groups is 1. The summed E-state index contributed by atoms with van der Waals surface area (Å²) < 4.78 is 1.97. The summed E-state index contributed by atoms with van der Waals surface area (Å²) in [5.74, 6) is 0.00683. The molecule has 5 nitrogen and oxygen atoms in total. The molecular weight excluding hydrogens is 300 g/mol. The highest BCUT2D eigenvalue weighted by molar-refractivity contribution is 5.93. The second-order valence-corrected chi connectivity index (χ2v) is 7.39. The third-order valence-electron chi connectivity index (χ3n) is 5.33. The predicted molar refractivity (Wildman–Crippen MR) is 96.3 cm³/mol. The van der Waals surface area contributed by atoms with Crippen molar-refractivity contribution in [3.05, 3.63) is 29.6 Å². The Kier molecular flexibility index (Phi) is 5.39. The minimum absolute atomic E-state index is 0.00683. The lowest BCUT2D eigenvalue weighted by atomic mass is 9.88. The maximum Gasteiger partial charge on any atom is 0.274 e. The van der Waals surface area contributed by atoms with Gasteiger partial charge in [0.1, 0.15) is 0 Å². The van der Waals surface area contributed by atoms with Crippen LogP contribution in [0.15, 0.2) is 12.7 Å². The third kappa shape index (κ3) is 3.56. The van der Waals surface area contributed by atoms with E-state index in [1.54, 1.807) is 19.0 Å². The Hall–Kier alpha value is -1.62. The van der Waals surface area contributed by atoms with Crippen molar-refractivity contribution in [2.24, 2.45) is 0 Å². The molecule has 3 rings (SSSR count). The van der Waals surface area contributed by atoms with Crippen molar-refractivity contribution in [1.29, 1.82) is 0 Å². The molecule has 0 bridgehead atoms. The van der Waals surface area contributed by atoms with Crippen molar-refractivity contribution < 1.29 is 4.79 Å². The minimum atomic E-state index is 0.00683. The van der Waals surface area contributed by atoms with E-state index in [0.717, 1.165) is 24.8 Å². The lowest BCUT2D eigenvalue weighted by Gasteiger charge is -2.31. The molecule has 0 aliphatic heterocycles. The average molecular weight is 330 g/mol. The van der Waals surface area contributed by atoms with Gasteiger partial charge in [-0.05, 0) is 32.1 Å². The van der Waals surface area contributed by atoms with E-state index in [9.17, 15) is 4.79 Å². The molecule has 1 atom stereocenters. The van der Waals surface area contributed by atoms with E-state index >= 15 is 0 Å². The van der Waals surface area contributed by atoms with Gasteiger partial charge in [-0.2, -0.15) is 5.10 Å². The molecular formula is C19H30N4O. The van der Waals surface area contributed by atoms with Crippen LogP contribution in [0.2, 0.25) is 0 Å². The number of fused-ring (bicyclic) bond motifs is 1. The average Bonchev–Trinajstić information content (AvgIpc) is 2.93. The van der Waals surface area contributed by atoms with Crippen LogP contribution in [0.3, 0.4) is 0 Å². The van der Waals surface area contributed by atoms with Crippen molar-refractivity contribution >= 4 is 5.91 Å². The molecule has 132 valence electrons. The Balaban J connectivity index is 1.80. The largest absolute Gasteiger partial charge is 0.343 e. The SMILES string of the molecule is C=CCn1nc(C(=O)N(C)C)c2c1CCC(NC1CCCCC1)C2. The standard InChI is InChI=1S/C19H30N4O/c1-4-12-23-17-11-10-15(20-14-8-6-5-7-9-14)13-16(17)18(21-23)19(24)22(2)3/h4,14-15,20H,1,5-13H2,2-3H3. The van der Waals surface area contributed by atoms with Gasteiger partial charge in [-0.15, -0.1) is 6.58 Å². The van der Waals surface area contributed by atoms with Gasteiger partial charge in [0.15, 0.2) is 5.69 Å². The van der Waals surface area contributed by atoms with Crippen LogP contribution in [0.4, 0.5) is 0 Å². The van der Waals surface area contributed by atoms with E-state index in [1.165, 1.54) is 37.8 Å². The van der Waals surface area contributed by atoms with Gasteiger partial charge in [0.2, 0.25) is 0 Å². The van der Waals surface area contributed by atoms with Crippen LogP contribution in [0.5, 0.6) is 0 Å². The lowest BCUT2D eigenvalue weighted by molar-refractivity contribution is 0.0820. The summed E-state index contributed by atoms with van der Waals surface area (Å²) in [6, 6.07) is 1.12. The highest BCUT2D eigenvalue weighted by Crippen LogP contribution is 2.27. The second kappa shape index (κ2) is 7.51. The molecule has 0 radical (unpaired) electrons. The Morgan fingerprint density at radius 1 is 1.29 bits per heavy atom. The Morgan fingerprint density at radius 2 is 2.04 bits per heavy atom. The number of rotatable bonds is 5. The molecule has 1 N–H and O–H groups in total. The summed E-state index contributed by atoms with van der Waals surface area (Å²) in [4.78, 5) is 14.2. The summed E-state index contributed by atoms with van der Waals surface area (Å²) in [7, 11) is 3.59.